The summed E-state index contributed by atoms with van der Waals surface area (Å²) in [6.07, 6.45) is -23.1. The lowest BCUT2D eigenvalue weighted by atomic mass is 9.96. The van der Waals surface area contributed by atoms with Crippen LogP contribution in [0.3, 0.4) is 0 Å². The second kappa shape index (κ2) is 21.3. The average Bonchev–Trinajstić information content (AvgIpc) is 3.48. The highest BCUT2D eigenvalue weighted by Gasteiger charge is 2.52. The van der Waals surface area contributed by atoms with E-state index in [4.69, 9.17) is 33.3 Å². The lowest BCUT2D eigenvalue weighted by Crippen LogP contribution is -2.65. The van der Waals surface area contributed by atoms with E-state index in [0.717, 1.165) is 0 Å². The number of unbranched alkanes of at least 4 members (excludes halogenated alkanes) is 3. The van der Waals surface area contributed by atoms with E-state index in [-0.39, 0.29) is 44.7 Å². The van der Waals surface area contributed by atoms with E-state index in [1.54, 1.807) is 0 Å². The van der Waals surface area contributed by atoms with Gasteiger partial charge < -0.3 is 89.6 Å². The van der Waals surface area contributed by atoms with Gasteiger partial charge in [0, 0.05) is 32.2 Å². The summed E-state index contributed by atoms with van der Waals surface area (Å²) in [5, 5.41) is 106. The molecule has 0 radical (unpaired) electrons. The number of carbonyl (C=O) groups is 4. The van der Waals surface area contributed by atoms with Crippen molar-refractivity contribution in [3.63, 3.8) is 0 Å². The van der Waals surface area contributed by atoms with Gasteiger partial charge in [0.15, 0.2) is 18.9 Å². The van der Waals surface area contributed by atoms with Gasteiger partial charge in [-0.1, -0.05) is 12.8 Å². The van der Waals surface area contributed by atoms with Crippen molar-refractivity contribution in [2.24, 2.45) is 0 Å². The molecule has 316 valence electrons. The van der Waals surface area contributed by atoms with E-state index >= 15 is 0 Å². The SMILES string of the molecule is O=C(CCCCCCC(=O)ON1C(=O)CCC1=O)NCCO[C@@H]1O[C@H](CO[C@H]2O[C@H](CO)[C@@H](O)[C@H](O)[C@@H]2O)[C@@H](O)[C@H](O[C@H]2O[C@H](CO)[C@@H](O)[C@H](O)[C@@H]2O)[C@H]1O. The molecule has 0 unspecified atom stereocenters. The van der Waals surface area contributed by atoms with Crippen LogP contribution in [0.5, 0.6) is 0 Å². The van der Waals surface area contributed by atoms with Gasteiger partial charge in [-0.25, -0.2) is 4.79 Å². The van der Waals surface area contributed by atoms with Gasteiger partial charge in [0.25, 0.3) is 11.8 Å². The van der Waals surface area contributed by atoms with Gasteiger partial charge in [0.1, 0.15) is 73.2 Å². The molecule has 0 aliphatic carbocycles. The van der Waals surface area contributed by atoms with E-state index in [2.05, 4.69) is 5.32 Å². The summed E-state index contributed by atoms with van der Waals surface area (Å²) in [5.41, 5.74) is 0. The third kappa shape index (κ3) is 11.8. The van der Waals surface area contributed by atoms with E-state index in [9.17, 15) is 70.2 Å². The minimum Gasteiger partial charge on any atom is -0.394 e. The zero-order valence-electron chi connectivity index (χ0n) is 29.8. The Morgan fingerprint density at radius 3 is 1.76 bits per heavy atom. The monoisotopic (exact) mass is 800 g/mol. The molecule has 0 bridgehead atoms. The summed E-state index contributed by atoms with van der Waals surface area (Å²) in [5.74, 6) is -2.18. The summed E-state index contributed by atoms with van der Waals surface area (Å²) in [6.45, 7) is -2.49. The summed E-state index contributed by atoms with van der Waals surface area (Å²) in [7, 11) is 0. The molecule has 55 heavy (non-hydrogen) atoms. The highest BCUT2D eigenvalue weighted by molar-refractivity contribution is 6.01. The first-order chi connectivity index (χ1) is 26.2. The Labute approximate surface area is 314 Å². The topological polar surface area (TPSA) is 350 Å². The van der Waals surface area contributed by atoms with Crippen molar-refractivity contribution in [2.45, 2.75) is 143 Å². The van der Waals surface area contributed by atoms with Crippen molar-refractivity contribution in [2.75, 3.05) is 33.0 Å². The number of imide groups is 1. The number of aliphatic hydroxyl groups is 10. The van der Waals surface area contributed by atoms with Crippen LogP contribution in [0, 0.1) is 0 Å². The number of nitrogens with one attached hydrogen (secondary N) is 1. The van der Waals surface area contributed by atoms with Crippen LogP contribution in [0.15, 0.2) is 0 Å². The molecule has 4 aliphatic heterocycles. The summed E-state index contributed by atoms with van der Waals surface area (Å²) < 4.78 is 33.1. The number of amides is 3. The van der Waals surface area contributed by atoms with Gasteiger partial charge in [-0.05, 0) is 12.8 Å². The fourth-order valence-electron chi connectivity index (χ4n) is 6.24. The number of aliphatic hydroxyl groups excluding tert-OH is 10. The highest BCUT2D eigenvalue weighted by atomic mass is 16.8. The predicted octanol–water partition coefficient (Wildman–Crippen LogP) is -6.48. The van der Waals surface area contributed by atoms with Crippen molar-refractivity contribution in [3.8, 4) is 0 Å². The van der Waals surface area contributed by atoms with Crippen LogP contribution in [-0.2, 0) is 52.4 Å². The Morgan fingerprint density at radius 2 is 1.16 bits per heavy atom. The molecule has 0 saturated carbocycles. The third-order valence-electron chi connectivity index (χ3n) is 9.49. The molecule has 4 heterocycles. The number of nitrogens with zero attached hydrogens (tertiary/aromatic N) is 1. The van der Waals surface area contributed by atoms with Crippen LogP contribution in [0.2, 0.25) is 0 Å². The van der Waals surface area contributed by atoms with Crippen LogP contribution in [-0.4, -0.2) is 205 Å². The van der Waals surface area contributed by atoms with Gasteiger partial charge in [-0.15, -0.1) is 5.06 Å². The van der Waals surface area contributed by atoms with Crippen molar-refractivity contribution in [1.82, 2.24) is 10.4 Å². The fourth-order valence-corrected chi connectivity index (χ4v) is 6.24. The van der Waals surface area contributed by atoms with Crippen LogP contribution < -0.4 is 5.32 Å². The molecule has 0 aromatic heterocycles. The molecule has 4 saturated heterocycles. The maximum absolute atomic E-state index is 12.4. The standard InChI is InChI=1S/C32H52N2O21/c35-11-14-21(41)24(44)26(46)30(51-14)50-13-16-23(43)29(54-32-27(47)25(45)22(42)15(12-36)52-32)28(48)31(53-16)49-10-9-33-17(37)5-3-1-2-4-6-20(40)55-34-18(38)7-8-19(34)39/h14-16,21-32,35-36,41-48H,1-13H2,(H,33,37)/t14-,15-,16-,21-,22-,23-,24+,25+,26+,27+,28-,29+,30+,31-,32-/m1/s1. The van der Waals surface area contributed by atoms with Gasteiger partial charge in [-0.2, -0.15) is 0 Å². The number of hydroxylamine groups is 2. The minimum atomic E-state index is -1.91. The van der Waals surface area contributed by atoms with Crippen molar-refractivity contribution >= 4 is 23.7 Å². The molecule has 0 spiro atoms. The molecule has 23 heteroatoms. The first-order valence-corrected chi connectivity index (χ1v) is 18.0. The van der Waals surface area contributed by atoms with Crippen LogP contribution >= 0.6 is 0 Å². The van der Waals surface area contributed by atoms with Crippen LogP contribution in [0.1, 0.15) is 51.4 Å². The summed E-state index contributed by atoms with van der Waals surface area (Å²) in [6, 6.07) is 0. The molecule has 0 aromatic rings. The van der Waals surface area contributed by atoms with Crippen molar-refractivity contribution in [3.05, 3.63) is 0 Å². The largest absolute Gasteiger partial charge is 0.394 e. The highest BCUT2D eigenvalue weighted by Crippen LogP contribution is 2.31. The molecule has 4 aliphatic rings. The first kappa shape index (κ1) is 45.1. The number of hydrogen-bond acceptors (Lipinski definition) is 21. The zero-order chi connectivity index (χ0) is 40.4. The second-order valence-electron chi connectivity index (χ2n) is 13.5. The molecule has 23 nitrogen and oxygen atoms in total. The van der Waals surface area contributed by atoms with E-state index < -0.39 is 130 Å². The van der Waals surface area contributed by atoms with Gasteiger partial charge in [0.2, 0.25) is 5.91 Å². The summed E-state index contributed by atoms with van der Waals surface area (Å²) in [4.78, 5) is 52.1. The summed E-state index contributed by atoms with van der Waals surface area (Å²) >= 11 is 0. The molecular formula is C32H52N2O21. The average molecular weight is 801 g/mol. The first-order valence-electron chi connectivity index (χ1n) is 18.0. The Bertz CT molecular complexity index is 1240. The normalized spacial score (nSPS) is 38.3. The zero-order valence-corrected chi connectivity index (χ0v) is 29.8. The Hall–Kier alpha value is -2.56. The van der Waals surface area contributed by atoms with Crippen LogP contribution in [0.25, 0.3) is 0 Å². The quantitative estimate of drug-likeness (QED) is 0.0427. The molecular weight excluding hydrogens is 748 g/mol. The molecule has 4 fully saturated rings. The van der Waals surface area contributed by atoms with Crippen molar-refractivity contribution in [1.29, 1.82) is 0 Å². The number of rotatable bonds is 19. The lowest BCUT2D eigenvalue weighted by Gasteiger charge is -2.46. The predicted molar refractivity (Wildman–Crippen MR) is 173 cm³/mol. The van der Waals surface area contributed by atoms with Crippen molar-refractivity contribution < 1.29 is 104 Å². The fraction of sp³-hybridized carbons (Fsp3) is 0.875. The Morgan fingerprint density at radius 1 is 0.636 bits per heavy atom. The molecule has 0 aromatic carbocycles. The lowest BCUT2D eigenvalue weighted by molar-refractivity contribution is -0.366. The maximum Gasteiger partial charge on any atom is 0.333 e. The van der Waals surface area contributed by atoms with Gasteiger partial charge in [0.05, 0.1) is 26.4 Å². The van der Waals surface area contributed by atoms with E-state index in [1.807, 2.05) is 0 Å². The maximum atomic E-state index is 12.4. The Balaban J connectivity index is 1.26. The molecule has 3 amide bonds. The van der Waals surface area contributed by atoms with Gasteiger partial charge in [-0.3, -0.25) is 14.4 Å². The minimum absolute atomic E-state index is 0.00224. The molecule has 4 rings (SSSR count). The number of ether oxygens (including phenoxy) is 6. The van der Waals surface area contributed by atoms with E-state index in [0.29, 0.717) is 30.7 Å². The molecule has 11 N–H and O–H groups in total. The number of carbonyl (C=O) groups excluding carboxylic acids is 4. The smallest absolute Gasteiger partial charge is 0.333 e. The molecule has 15 atom stereocenters. The second-order valence-corrected chi connectivity index (χ2v) is 13.5. The Kier molecular flexibility index (Phi) is 17.5. The van der Waals surface area contributed by atoms with Crippen LogP contribution in [0.4, 0.5) is 0 Å². The van der Waals surface area contributed by atoms with E-state index in [1.165, 1.54) is 0 Å². The van der Waals surface area contributed by atoms with Gasteiger partial charge >= 0.3 is 5.97 Å². The third-order valence-corrected chi connectivity index (χ3v) is 9.49. The number of hydrogen-bond donors (Lipinski definition) is 11.